The number of aromatic nitrogens is 3. The molecule has 0 spiro atoms. The number of amides is 3. The van der Waals surface area contributed by atoms with Crippen LogP contribution in [-0.4, -0.2) is 32.0 Å². The van der Waals surface area contributed by atoms with Crippen LogP contribution in [0.5, 0.6) is 0 Å². The molecule has 122 valence electrons. The van der Waals surface area contributed by atoms with Crippen LogP contribution in [0.3, 0.4) is 0 Å². The van der Waals surface area contributed by atoms with Crippen molar-refractivity contribution in [2.24, 2.45) is 0 Å². The predicted molar refractivity (Wildman–Crippen MR) is 87.8 cm³/mol. The smallest absolute Gasteiger partial charge is 0.321 e. The zero-order valence-corrected chi connectivity index (χ0v) is 13.8. The van der Waals surface area contributed by atoms with Crippen molar-refractivity contribution in [3.05, 3.63) is 42.2 Å². The molecule has 1 atom stereocenters. The minimum absolute atomic E-state index is 0.367. The first-order chi connectivity index (χ1) is 11.1. The molecule has 7 nitrogen and oxygen atoms in total. The minimum atomic E-state index is -0.511. The molecule has 2 aromatic rings. The Morgan fingerprint density at radius 2 is 2.04 bits per heavy atom. The van der Waals surface area contributed by atoms with E-state index in [1.54, 1.807) is 13.3 Å². The van der Waals surface area contributed by atoms with Crippen molar-refractivity contribution in [2.75, 3.05) is 0 Å². The van der Waals surface area contributed by atoms with E-state index < -0.39 is 11.3 Å². The van der Waals surface area contributed by atoms with Crippen molar-refractivity contribution in [2.45, 2.75) is 37.3 Å². The van der Waals surface area contributed by atoms with E-state index in [4.69, 9.17) is 0 Å². The molecule has 1 heterocycles. The van der Waals surface area contributed by atoms with E-state index in [-0.39, 0.29) is 5.91 Å². The molecule has 2 rings (SSSR count). The van der Waals surface area contributed by atoms with Crippen molar-refractivity contribution in [1.82, 2.24) is 25.4 Å². The Morgan fingerprint density at radius 1 is 1.30 bits per heavy atom. The quantitative estimate of drug-likeness (QED) is 0.787. The summed E-state index contributed by atoms with van der Waals surface area (Å²) in [7, 11) is 0. The van der Waals surface area contributed by atoms with Gasteiger partial charge >= 0.3 is 6.03 Å². The highest BCUT2D eigenvalue weighted by atomic mass is 32.2. The molecule has 0 saturated heterocycles. The van der Waals surface area contributed by atoms with Crippen molar-refractivity contribution in [3.8, 4) is 0 Å². The van der Waals surface area contributed by atoms with E-state index in [1.807, 2.05) is 41.8 Å². The van der Waals surface area contributed by atoms with Gasteiger partial charge in [0.2, 0.25) is 5.91 Å². The molecular weight excluding hydrogens is 314 g/mol. The van der Waals surface area contributed by atoms with E-state index in [0.717, 1.165) is 12.1 Å². The predicted octanol–water partition coefficient (Wildman–Crippen LogP) is 1.80. The molecule has 3 amide bonds. The summed E-state index contributed by atoms with van der Waals surface area (Å²) in [6.45, 7) is 4.78. The van der Waals surface area contributed by atoms with Gasteiger partial charge in [0.15, 0.2) is 5.16 Å². The summed E-state index contributed by atoms with van der Waals surface area (Å²) in [5.41, 5.74) is 0.966. The Balaban J connectivity index is 1.80. The van der Waals surface area contributed by atoms with Gasteiger partial charge in [0.05, 0.1) is 5.25 Å². The Hall–Kier alpha value is -2.35. The number of urea groups is 1. The molecular formula is C15H19N5O2S. The Morgan fingerprint density at radius 3 is 2.74 bits per heavy atom. The largest absolute Gasteiger partial charge is 0.334 e. The van der Waals surface area contributed by atoms with Gasteiger partial charge in [0, 0.05) is 13.1 Å². The van der Waals surface area contributed by atoms with Crippen LogP contribution in [0, 0.1) is 0 Å². The second-order valence-electron chi connectivity index (χ2n) is 4.82. The summed E-state index contributed by atoms with van der Waals surface area (Å²) in [4.78, 5) is 23.8. The number of imide groups is 1. The molecule has 0 saturated carbocycles. The summed E-state index contributed by atoms with van der Waals surface area (Å²) in [5, 5.41) is 13.0. The lowest BCUT2D eigenvalue weighted by molar-refractivity contribution is -0.119. The van der Waals surface area contributed by atoms with Crippen LogP contribution < -0.4 is 10.6 Å². The molecule has 0 aliphatic heterocycles. The second kappa shape index (κ2) is 8.33. The lowest BCUT2D eigenvalue weighted by atomic mass is 10.2. The molecule has 1 aromatic heterocycles. The first kappa shape index (κ1) is 17.0. The van der Waals surface area contributed by atoms with Crippen molar-refractivity contribution < 1.29 is 9.59 Å². The van der Waals surface area contributed by atoms with E-state index in [9.17, 15) is 9.59 Å². The fraction of sp³-hybridized carbons (Fsp3) is 0.333. The van der Waals surface area contributed by atoms with Crippen molar-refractivity contribution in [3.63, 3.8) is 0 Å². The van der Waals surface area contributed by atoms with Crippen LogP contribution in [0.25, 0.3) is 0 Å². The average Bonchev–Trinajstić information content (AvgIpc) is 3.01. The molecule has 0 bridgehead atoms. The number of aryl methyl sites for hydroxylation is 1. The maximum atomic E-state index is 12.0. The highest BCUT2D eigenvalue weighted by Gasteiger charge is 2.19. The van der Waals surface area contributed by atoms with E-state index in [0.29, 0.717) is 11.7 Å². The van der Waals surface area contributed by atoms with Crippen LogP contribution in [0.15, 0.2) is 41.8 Å². The normalized spacial score (nSPS) is 11.7. The maximum Gasteiger partial charge on any atom is 0.321 e. The number of rotatable bonds is 6. The number of carbonyl (C=O) groups excluding carboxylic acids is 2. The monoisotopic (exact) mass is 333 g/mol. The maximum absolute atomic E-state index is 12.0. The number of hydrogen-bond donors (Lipinski definition) is 2. The lowest BCUT2D eigenvalue weighted by Crippen LogP contribution is -2.42. The highest BCUT2D eigenvalue weighted by Crippen LogP contribution is 2.20. The van der Waals surface area contributed by atoms with Gasteiger partial charge in [-0.25, -0.2) is 4.79 Å². The van der Waals surface area contributed by atoms with Gasteiger partial charge in [-0.05, 0) is 19.4 Å². The Bertz CT molecular complexity index is 659. The van der Waals surface area contributed by atoms with Crippen LogP contribution in [0.1, 0.15) is 19.4 Å². The molecule has 0 fully saturated rings. The number of nitrogens with one attached hydrogen (secondary N) is 2. The van der Waals surface area contributed by atoms with Gasteiger partial charge in [-0.2, -0.15) is 0 Å². The molecule has 23 heavy (non-hydrogen) atoms. The SMILES string of the molecule is CCn1cnnc1S[C@H](C)C(=O)NC(=O)NCc1ccccc1. The summed E-state index contributed by atoms with van der Waals surface area (Å²) < 4.78 is 1.84. The van der Waals surface area contributed by atoms with Crippen LogP contribution in [0.4, 0.5) is 4.79 Å². The Kier molecular flexibility index (Phi) is 6.16. The number of thioether (sulfide) groups is 1. The molecule has 2 N–H and O–H groups in total. The van der Waals surface area contributed by atoms with Gasteiger partial charge in [0.1, 0.15) is 6.33 Å². The molecule has 0 unspecified atom stereocenters. The first-order valence-corrected chi connectivity index (χ1v) is 8.15. The van der Waals surface area contributed by atoms with E-state index in [1.165, 1.54) is 11.8 Å². The van der Waals surface area contributed by atoms with Gasteiger partial charge in [-0.1, -0.05) is 42.1 Å². The summed E-state index contributed by atoms with van der Waals surface area (Å²) in [5.74, 6) is -0.369. The highest BCUT2D eigenvalue weighted by molar-refractivity contribution is 8.00. The minimum Gasteiger partial charge on any atom is -0.334 e. The zero-order valence-electron chi connectivity index (χ0n) is 13.0. The van der Waals surface area contributed by atoms with Gasteiger partial charge in [-0.3, -0.25) is 10.1 Å². The van der Waals surface area contributed by atoms with Crippen LogP contribution >= 0.6 is 11.8 Å². The van der Waals surface area contributed by atoms with Gasteiger partial charge in [-0.15, -0.1) is 10.2 Å². The van der Waals surface area contributed by atoms with E-state index >= 15 is 0 Å². The summed E-state index contributed by atoms with van der Waals surface area (Å²) in [6.07, 6.45) is 1.61. The standard InChI is InChI=1S/C15H19N5O2S/c1-3-20-10-17-19-15(20)23-11(2)13(21)18-14(22)16-9-12-7-5-4-6-8-12/h4-8,10-11H,3,9H2,1-2H3,(H2,16,18,21,22)/t11-/m1/s1. The third-order valence-corrected chi connectivity index (χ3v) is 4.20. The van der Waals surface area contributed by atoms with Crippen molar-refractivity contribution >= 4 is 23.7 Å². The second-order valence-corrected chi connectivity index (χ2v) is 6.13. The topological polar surface area (TPSA) is 88.9 Å². The number of carbonyl (C=O) groups is 2. The number of hydrogen-bond acceptors (Lipinski definition) is 5. The third kappa shape index (κ3) is 5.10. The third-order valence-electron chi connectivity index (χ3n) is 3.10. The molecule has 0 radical (unpaired) electrons. The van der Waals surface area contributed by atoms with Crippen LogP contribution in [0.2, 0.25) is 0 Å². The fourth-order valence-electron chi connectivity index (χ4n) is 1.80. The fourth-order valence-corrected chi connectivity index (χ4v) is 2.69. The number of benzene rings is 1. The molecule has 8 heteroatoms. The molecule has 0 aliphatic rings. The molecule has 1 aromatic carbocycles. The van der Waals surface area contributed by atoms with Crippen molar-refractivity contribution in [1.29, 1.82) is 0 Å². The average molecular weight is 333 g/mol. The summed E-state index contributed by atoms with van der Waals surface area (Å²) >= 11 is 1.26. The first-order valence-electron chi connectivity index (χ1n) is 7.27. The zero-order chi connectivity index (χ0) is 16.7. The van der Waals surface area contributed by atoms with Gasteiger partial charge in [0.25, 0.3) is 0 Å². The van der Waals surface area contributed by atoms with Crippen LogP contribution in [-0.2, 0) is 17.9 Å². The van der Waals surface area contributed by atoms with E-state index in [2.05, 4.69) is 20.8 Å². The Labute approximate surface area is 138 Å². The summed E-state index contributed by atoms with van der Waals surface area (Å²) in [6, 6.07) is 8.98. The lowest BCUT2D eigenvalue weighted by Gasteiger charge is -2.11. The number of nitrogens with zero attached hydrogens (tertiary/aromatic N) is 3. The van der Waals surface area contributed by atoms with Gasteiger partial charge < -0.3 is 9.88 Å². The molecule has 0 aliphatic carbocycles.